The van der Waals surface area contributed by atoms with E-state index in [2.05, 4.69) is 5.32 Å². The monoisotopic (exact) mass is 241 g/mol. The quantitative estimate of drug-likeness (QED) is 0.883. The van der Waals surface area contributed by atoms with Gasteiger partial charge in [0, 0.05) is 11.6 Å². The molecular weight excluding hydrogens is 226 g/mol. The molecule has 1 aliphatic rings. The topological polar surface area (TPSA) is 30.5 Å². The van der Waals surface area contributed by atoms with E-state index >= 15 is 0 Å². The van der Waals surface area contributed by atoms with Gasteiger partial charge in [-0.3, -0.25) is 0 Å². The molecule has 0 saturated heterocycles. The molecule has 0 amide bonds. The smallest absolute Gasteiger partial charge is 0.146 e. The van der Waals surface area contributed by atoms with Crippen molar-refractivity contribution in [2.45, 2.75) is 20.0 Å². The second kappa shape index (κ2) is 4.93. The summed E-state index contributed by atoms with van der Waals surface area (Å²) in [6.07, 6.45) is 0.0762. The van der Waals surface area contributed by atoms with Crippen molar-refractivity contribution in [1.29, 1.82) is 0 Å². The van der Waals surface area contributed by atoms with Gasteiger partial charge in [-0.15, -0.1) is 0 Å². The second-order valence-corrected chi connectivity index (χ2v) is 4.32. The number of ether oxygens (including phenoxy) is 2. The van der Waals surface area contributed by atoms with Crippen LogP contribution in [0.2, 0.25) is 5.02 Å². The van der Waals surface area contributed by atoms with Gasteiger partial charge in [0.2, 0.25) is 0 Å². The van der Waals surface area contributed by atoms with Gasteiger partial charge in [0.1, 0.15) is 11.9 Å². The molecular formula is C12H16ClNO2. The van der Waals surface area contributed by atoms with E-state index in [9.17, 15) is 0 Å². The maximum Gasteiger partial charge on any atom is 0.146 e. The SMILES string of the molecule is CCOCC1CNc2cc(Cl)cc(C)c2O1. The Morgan fingerprint density at radius 3 is 3.12 bits per heavy atom. The van der Waals surface area contributed by atoms with E-state index in [4.69, 9.17) is 21.1 Å². The molecule has 1 aliphatic heterocycles. The predicted molar refractivity (Wildman–Crippen MR) is 65.6 cm³/mol. The summed E-state index contributed by atoms with van der Waals surface area (Å²) < 4.78 is 11.2. The molecule has 1 atom stereocenters. The van der Waals surface area contributed by atoms with Crippen molar-refractivity contribution >= 4 is 17.3 Å². The summed E-state index contributed by atoms with van der Waals surface area (Å²) in [6, 6.07) is 3.80. The summed E-state index contributed by atoms with van der Waals surface area (Å²) in [6.45, 7) is 6.06. The molecule has 0 aliphatic carbocycles. The van der Waals surface area contributed by atoms with Crippen LogP contribution < -0.4 is 10.1 Å². The number of halogens is 1. The first-order valence-corrected chi connectivity index (χ1v) is 5.87. The van der Waals surface area contributed by atoms with Gasteiger partial charge in [-0.05, 0) is 31.5 Å². The minimum Gasteiger partial charge on any atom is -0.484 e. The normalized spacial score (nSPS) is 18.6. The fraction of sp³-hybridized carbons (Fsp3) is 0.500. The van der Waals surface area contributed by atoms with Crippen molar-refractivity contribution in [2.75, 3.05) is 25.1 Å². The molecule has 1 aromatic carbocycles. The molecule has 1 unspecified atom stereocenters. The molecule has 1 N–H and O–H groups in total. The lowest BCUT2D eigenvalue weighted by Gasteiger charge is -2.28. The number of fused-ring (bicyclic) bond motifs is 1. The molecule has 4 heteroatoms. The Labute approximate surface area is 101 Å². The molecule has 0 fully saturated rings. The number of nitrogens with one attached hydrogen (secondary N) is 1. The summed E-state index contributed by atoms with van der Waals surface area (Å²) in [5.74, 6) is 0.889. The van der Waals surface area contributed by atoms with Crippen LogP contribution in [0.1, 0.15) is 12.5 Å². The number of hydrogen-bond donors (Lipinski definition) is 1. The zero-order valence-corrected chi connectivity index (χ0v) is 10.3. The number of rotatable bonds is 3. The lowest BCUT2D eigenvalue weighted by molar-refractivity contribution is 0.0595. The first kappa shape index (κ1) is 11.6. The highest BCUT2D eigenvalue weighted by Crippen LogP contribution is 2.35. The van der Waals surface area contributed by atoms with E-state index in [1.165, 1.54) is 0 Å². The summed E-state index contributed by atoms with van der Waals surface area (Å²) in [5.41, 5.74) is 2.02. The lowest BCUT2D eigenvalue weighted by atomic mass is 10.1. The molecule has 0 radical (unpaired) electrons. The van der Waals surface area contributed by atoms with Gasteiger partial charge >= 0.3 is 0 Å². The third kappa shape index (κ3) is 2.42. The zero-order chi connectivity index (χ0) is 11.5. The highest BCUT2D eigenvalue weighted by atomic mass is 35.5. The van der Waals surface area contributed by atoms with Crippen LogP contribution in [0.15, 0.2) is 12.1 Å². The van der Waals surface area contributed by atoms with E-state index in [-0.39, 0.29) is 6.10 Å². The molecule has 0 bridgehead atoms. The van der Waals surface area contributed by atoms with Crippen LogP contribution >= 0.6 is 11.6 Å². The average Bonchev–Trinajstić information content (AvgIpc) is 2.26. The molecule has 16 heavy (non-hydrogen) atoms. The van der Waals surface area contributed by atoms with Gasteiger partial charge in [-0.1, -0.05) is 11.6 Å². The third-order valence-electron chi connectivity index (χ3n) is 2.55. The summed E-state index contributed by atoms with van der Waals surface area (Å²) in [5, 5.41) is 4.05. The van der Waals surface area contributed by atoms with Crippen molar-refractivity contribution in [3.63, 3.8) is 0 Å². The Kier molecular flexibility index (Phi) is 3.56. The molecule has 1 heterocycles. The number of anilines is 1. The van der Waals surface area contributed by atoms with Gasteiger partial charge in [-0.25, -0.2) is 0 Å². The van der Waals surface area contributed by atoms with Gasteiger partial charge < -0.3 is 14.8 Å². The van der Waals surface area contributed by atoms with E-state index in [1.807, 2.05) is 26.0 Å². The Bertz CT molecular complexity index is 382. The summed E-state index contributed by atoms with van der Waals surface area (Å²) in [7, 11) is 0. The highest BCUT2D eigenvalue weighted by molar-refractivity contribution is 6.31. The Morgan fingerprint density at radius 2 is 2.38 bits per heavy atom. The average molecular weight is 242 g/mol. The summed E-state index contributed by atoms with van der Waals surface area (Å²) >= 11 is 5.98. The van der Waals surface area contributed by atoms with Crippen LogP contribution in [0.4, 0.5) is 5.69 Å². The second-order valence-electron chi connectivity index (χ2n) is 3.88. The van der Waals surface area contributed by atoms with Crippen LogP contribution in [-0.2, 0) is 4.74 Å². The Balaban J connectivity index is 2.14. The van der Waals surface area contributed by atoms with Crippen LogP contribution in [0.3, 0.4) is 0 Å². The molecule has 1 aromatic rings. The standard InChI is InChI=1S/C12H16ClNO2/c1-3-15-7-10-6-14-11-5-9(13)4-8(2)12(11)16-10/h4-5,10,14H,3,6-7H2,1-2H3. The third-order valence-corrected chi connectivity index (χ3v) is 2.77. The fourth-order valence-electron chi connectivity index (χ4n) is 1.79. The minimum atomic E-state index is 0.0762. The van der Waals surface area contributed by atoms with Gasteiger partial charge in [0.15, 0.2) is 0 Å². The Hall–Kier alpha value is -0.930. The lowest BCUT2D eigenvalue weighted by Crippen LogP contribution is -2.35. The fourth-order valence-corrected chi connectivity index (χ4v) is 2.06. The van der Waals surface area contributed by atoms with Crippen LogP contribution in [0, 0.1) is 6.92 Å². The number of hydrogen-bond acceptors (Lipinski definition) is 3. The number of benzene rings is 1. The maximum absolute atomic E-state index is 5.98. The van der Waals surface area contributed by atoms with Crippen molar-refractivity contribution in [1.82, 2.24) is 0 Å². The van der Waals surface area contributed by atoms with Crippen molar-refractivity contribution < 1.29 is 9.47 Å². The van der Waals surface area contributed by atoms with Gasteiger partial charge in [-0.2, -0.15) is 0 Å². The van der Waals surface area contributed by atoms with Crippen LogP contribution in [0.25, 0.3) is 0 Å². The van der Waals surface area contributed by atoms with E-state index in [1.54, 1.807) is 0 Å². The highest BCUT2D eigenvalue weighted by Gasteiger charge is 2.21. The molecule has 0 aromatic heterocycles. The van der Waals surface area contributed by atoms with E-state index in [0.29, 0.717) is 13.2 Å². The van der Waals surface area contributed by atoms with Crippen LogP contribution in [0.5, 0.6) is 5.75 Å². The van der Waals surface area contributed by atoms with Crippen molar-refractivity contribution in [3.05, 3.63) is 22.7 Å². The largest absolute Gasteiger partial charge is 0.484 e. The van der Waals surface area contributed by atoms with E-state index < -0.39 is 0 Å². The number of aryl methyl sites for hydroxylation is 1. The molecule has 88 valence electrons. The molecule has 0 spiro atoms. The van der Waals surface area contributed by atoms with Crippen LogP contribution in [-0.4, -0.2) is 25.9 Å². The Morgan fingerprint density at radius 1 is 1.56 bits per heavy atom. The molecule has 3 nitrogen and oxygen atoms in total. The van der Waals surface area contributed by atoms with Gasteiger partial charge in [0.25, 0.3) is 0 Å². The van der Waals surface area contributed by atoms with Crippen molar-refractivity contribution in [3.8, 4) is 5.75 Å². The first-order valence-electron chi connectivity index (χ1n) is 5.49. The predicted octanol–water partition coefficient (Wildman–Crippen LogP) is 2.86. The first-order chi connectivity index (χ1) is 7.70. The van der Waals surface area contributed by atoms with E-state index in [0.717, 1.165) is 28.6 Å². The van der Waals surface area contributed by atoms with Crippen molar-refractivity contribution in [2.24, 2.45) is 0 Å². The summed E-state index contributed by atoms with van der Waals surface area (Å²) in [4.78, 5) is 0. The van der Waals surface area contributed by atoms with Gasteiger partial charge in [0.05, 0.1) is 18.8 Å². The maximum atomic E-state index is 5.98. The zero-order valence-electron chi connectivity index (χ0n) is 9.55. The minimum absolute atomic E-state index is 0.0762. The molecule has 0 saturated carbocycles. The molecule has 2 rings (SSSR count).